The maximum absolute atomic E-state index is 12.9. The first-order valence-electron chi connectivity index (χ1n) is 11.2. The third kappa shape index (κ3) is 5.67. The van der Waals surface area contributed by atoms with E-state index in [0.717, 1.165) is 6.42 Å². The second-order valence-electron chi connectivity index (χ2n) is 9.05. The average Bonchev–Trinajstić information content (AvgIpc) is 3.16. The number of rotatable bonds is 7. The molecule has 0 atom stereocenters. The van der Waals surface area contributed by atoms with Crippen molar-refractivity contribution in [2.45, 2.75) is 52.7 Å². The van der Waals surface area contributed by atoms with E-state index in [1.807, 2.05) is 6.92 Å². The number of hydrogen-bond acceptors (Lipinski definition) is 7. The molecule has 0 aromatic carbocycles. The summed E-state index contributed by atoms with van der Waals surface area (Å²) in [5.41, 5.74) is -1.73. The molecule has 0 bridgehead atoms. The Morgan fingerprint density at radius 2 is 1.74 bits per heavy atom. The van der Waals surface area contributed by atoms with E-state index in [1.54, 1.807) is 30.6 Å². The van der Waals surface area contributed by atoms with Crippen LogP contribution in [-0.4, -0.2) is 85.2 Å². The lowest BCUT2D eigenvalue weighted by molar-refractivity contribution is -0.133. The molecule has 0 unspecified atom stereocenters. The monoisotopic (exact) mass is 477 g/mol. The number of hydrogen-bond donors (Lipinski definition) is 1. The van der Waals surface area contributed by atoms with Gasteiger partial charge in [-0.1, -0.05) is 13.3 Å². The zero-order valence-electron chi connectivity index (χ0n) is 19.9. The standard InChI is InChI=1S/C22H31N5O7/c1-5-6-13-33-17-16(19(30)31)23-20-26(11-12-27(20)18(17)29)14-15(28)24-7-9-25(10-8-24)21(32)34-22(2,3)4/h11-12H,5-10,13-14H2,1-4H3,(H,30,31). The highest BCUT2D eigenvalue weighted by atomic mass is 16.6. The van der Waals surface area contributed by atoms with Crippen molar-refractivity contribution in [3.63, 3.8) is 0 Å². The molecule has 186 valence electrons. The lowest BCUT2D eigenvalue weighted by atomic mass is 10.2. The SMILES string of the molecule is CCCCOc1c(C(=O)O)nc2n(CC(=O)N3CCN(C(=O)OC(C)(C)C)CC3)ccn2c1=O. The van der Waals surface area contributed by atoms with Crippen molar-refractivity contribution >= 4 is 23.7 Å². The Hall–Kier alpha value is -3.57. The average molecular weight is 478 g/mol. The van der Waals surface area contributed by atoms with Crippen molar-refractivity contribution in [1.29, 1.82) is 0 Å². The van der Waals surface area contributed by atoms with Gasteiger partial charge in [-0.2, -0.15) is 0 Å². The number of carboxylic acids is 1. The predicted molar refractivity (Wildman–Crippen MR) is 121 cm³/mol. The van der Waals surface area contributed by atoms with Gasteiger partial charge in [0, 0.05) is 38.6 Å². The predicted octanol–water partition coefficient (Wildman–Crippen LogP) is 1.45. The van der Waals surface area contributed by atoms with Gasteiger partial charge in [0.1, 0.15) is 12.1 Å². The summed E-state index contributed by atoms with van der Waals surface area (Å²) in [6.07, 6.45) is 4.00. The first-order chi connectivity index (χ1) is 16.0. The van der Waals surface area contributed by atoms with Crippen LogP contribution in [0.25, 0.3) is 5.78 Å². The molecule has 0 saturated carbocycles. The highest BCUT2D eigenvalue weighted by Gasteiger charge is 2.28. The van der Waals surface area contributed by atoms with Crippen LogP contribution in [0.1, 0.15) is 51.0 Å². The first-order valence-corrected chi connectivity index (χ1v) is 11.2. The number of aromatic nitrogens is 3. The van der Waals surface area contributed by atoms with E-state index in [2.05, 4.69) is 4.98 Å². The minimum Gasteiger partial charge on any atom is -0.486 e. The minimum absolute atomic E-state index is 0.0333. The molecule has 2 amide bonds. The van der Waals surface area contributed by atoms with Crippen molar-refractivity contribution in [3.8, 4) is 5.75 Å². The largest absolute Gasteiger partial charge is 0.486 e. The van der Waals surface area contributed by atoms with Crippen LogP contribution >= 0.6 is 0 Å². The van der Waals surface area contributed by atoms with Gasteiger partial charge in [-0.05, 0) is 27.2 Å². The second-order valence-corrected chi connectivity index (χ2v) is 9.05. The Morgan fingerprint density at radius 3 is 2.32 bits per heavy atom. The number of piperazine rings is 1. The van der Waals surface area contributed by atoms with Gasteiger partial charge in [-0.25, -0.2) is 19.0 Å². The molecule has 1 saturated heterocycles. The van der Waals surface area contributed by atoms with Crippen LogP contribution < -0.4 is 10.3 Å². The number of ether oxygens (including phenoxy) is 2. The summed E-state index contributed by atoms with van der Waals surface area (Å²) in [7, 11) is 0. The molecule has 3 rings (SSSR count). The Balaban J connectivity index is 1.73. The van der Waals surface area contributed by atoms with Crippen LogP contribution in [0, 0.1) is 0 Å². The molecular weight excluding hydrogens is 446 g/mol. The lowest BCUT2D eigenvalue weighted by Crippen LogP contribution is -2.52. The molecule has 1 fully saturated rings. The normalized spacial score (nSPS) is 14.4. The third-order valence-electron chi connectivity index (χ3n) is 5.24. The van der Waals surface area contributed by atoms with Crippen LogP contribution in [-0.2, 0) is 16.1 Å². The number of imidazole rings is 1. The van der Waals surface area contributed by atoms with E-state index >= 15 is 0 Å². The summed E-state index contributed by atoms with van der Waals surface area (Å²) < 4.78 is 13.4. The van der Waals surface area contributed by atoms with Gasteiger partial charge in [0.2, 0.25) is 17.4 Å². The van der Waals surface area contributed by atoms with E-state index in [9.17, 15) is 24.3 Å². The fourth-order valence-electron chi connectivity index (χ4n) is 3.48. The van der Waals surface area contributed by atoms with Crippen LogP contribution in [0.2, 0.25) is 0 Å². The molecule has 3 heterocycles. The molecule has 2 aromatic rings. The number of unbranched alkanes of at least 4 members (excludes halogenated alkanes) is 1. The molecule has 34 heavy (non-hydrogen) atoms. The number of fused-ring (bicyclic) bond motifs is 1. The zero-order valence-corrected chi connectivity index (χ0v) is 19.9. The number of nitrogens with zero attached hydrogens (tertiary/aromatic N) is 5. The van der Waals surface area contributed by atoms with E-state index in [0.29, 0.717) is 32.6 Å². The van der Waals surface area contributed by atoms with Crippen molar-refractivity contribution in [2.24, 2.45) is 0 Å². The molecule has 1 aliphatic heterocycles. The molecule has 1 N–H and O–H groups in total. The molecular formula is C22H31N5O7. The number of amides is 2. The van der Waals surface area contributed by atoms with Crippen molar-refractivity contribution in [3.05, 3.63) is 28.4 Å². The fraction of sp³-hybridized carbons (Fsp3) is 0.591. The summed E-state index contributed by atoms with van der Waals surface area (Å²) in [5.74, 6) is -1.91. The Labute approximate surface area is 196 Å². The molecule has 2 aromatic heterocycles. The maximum Gasteiger partial charge on any atom is 0.410 e. The van der Waals surface area contributed by atoms with Gasteiger partial charge >= 0.3 is 17.6 Å². The molecule has 0 radical (unpaired) electrons. The van der Waals surface area contributed by atoms with Crippen LogP contribution in [0.4, 0.5) is 4.79 Å². The van der Waals surface area contributed by atoms with Crippen LogP contribution in [0.5, 0.6) is 5.75 Å². The summed E-state index contributed by atoms with van der Waals surface area (Å²) >= 11 is 0. The van der Waals surface area contributed by atoms with Gasteiger partial charge < -0.3 is 28.9 Å². The van der Waals surface area contributed by atoms with E-state index in [4.69, 9.17) is 9.47 Å². The summed E-state index contributed by atoms with van der Waals surface area (Å²) in [6.45, 7) is 8.74. The van der Waals surface area contributed by atoms with E-state index in [-0.39, 0.29) is 30.6 Å². The van der Waals surface area contributed by atoms with Gasteiger partial charge in [0.15, 0.2) is 5.69 Å². The van der Waals surface area contributed by atoms with E-state index in [1.165, 1.54) is 21.4 Å². The fourth-order valence-corrected chi connectivity index (χ4v) is 3.48. The molecule has 0 spiro atoms. The topological polar surface area (TPSA) is 136 Å². The summed E-state index contributed by atoms with van der Waals surface area (Å²) in [6, 6.07) is 0. The van der Waals surface area contributed by atoms with Gasteiger partial charge in [-0.15, -0.1) is 0 Å². The Bertz CT molecular complexity index is 1120. The quantitative estimate of drug-likeness (QED) is 0.592. The van der Waals surface area contributed by atoms with Gasteiger partial charge in [-0.3, -0.25) is 9.59 Å². The lowest BCUT2D eigenvalue weighted by Gasteiger charge is -2.35. The van der Waals surface area contributed by atoms with Crippen LogP contribution in [0.3, 0.4) is 0 Å². The van der Waals surface area contributed by atoms with Crippen molar-refractivity contribution in [2.75, 3.05) is 32.8 Å². The highest BCUT2D eigenvalue weighted by Crippen LogP contribution is 2.15. The number of aromatic carboxylic acids is 1. The highest BCUT2D eigenvalue weighted by molar-refractivity contribution is 5.89. The molecule has 0 aliphatic carbocycles. The Kier molecular flexibility index (Phi) is 7.48. The molecule has 1 aliphatic rings. The number of carboxylic acid groups (broad SMARTS) is 1. The van der Waals surface area contributed by atoms with Crippen molar-refractivity contribution < 1.29 is 29.0 Å². The first kappa shape index (κ1) is 25.1. The van der Waals surface area contributed by atoms with E-state index < -0.39 is 28.9 Å². The number of carbonyl (C=O) groups excluding carboxylic acids is 2. The zero-order chi connectivity index (χ0) is 25.0. The molecule has 12 heteroatoms. The van der Waals surface area contributed by atoms with Gasteiger partial charge in [0.05, 0.1) is 6.61 Å². The second kappa shape index (κ2) is 10.1. The maximum atomic E-state index is 12.9. The minimum atomic E-state index is -1.39. The van der Waals surface area contributed by atoms with Crippen molar-refractivity contribution in [1.82, 2.24) is 23.8 Å². The number of carbonyl (C=O) groups is 3. The van der Waals surface area contributed by atoms with Crippen LogP contribution in [0.15, 0.2) is 17.2 Å². The third-order valence-corrected chi connectivity index (χ3v) is 5.24. The summed E-state index contributed by atoms with van der Waals surface area (Å²) in [5, 5.41) is 9.54. The molecule has 12 nitrogen and oxygen atoms in total. The summed E-state index contributed by atoms with van der Waals surface area (Å²) in [4.78, 5) is 56.9. The van der Waals surface area contributed by atoms with Gasteiger partial charge in [0.25, 0.3) is 0 Å². The Morgan fingerprint density at radius 1 is 1.09 bits per heavy atom. The smallest absolute Gasteiger partial charge is 0.410 e.